The highest BCUT2D eigenvalue weighted by atomic mass is 16.3. The molecule has 0 radical (unpaired) electrons. The standard InChI is InChI=1S/C56H36N2O/c1-2-15-38(16-3-1)45-21-8-11-26-50(45)58-51-27-12-9-23-47(51)48-34-33-42(36-52(48)58)57(41-31-29-39(30-32-41)44-25-14-19-37-17-4-6-20-43(37)44)56-46-22-7-5-18-40(46)35-54-55(56)49-24-10-13-28-53(49)59-54/h1-36H. The van der Waals surface area contributed by atoms with Crippen molar-refractivity contribution in [2.45, 2.75) is 0 Å². The third-order valence-electron chi connectivity index (χ3n) is 12.0. The van der Waals surface area contributed by atoms with Crippen molar-refractivity contribution < 1.29 is 4.42 Å². The van der Waals surface area contributed by atoms with Gasteiger partial charge >= 0.3 is 0 Å². The Morgan fingerprint density at radius 3 is 1.83 bits per heavy atom. The second kappa shape index (κ2) is 13.4. The summed E-state index contributed by atoms with van der Waals surface area (Å²) < 4.78 is 9.10. The maximum atomic E-state index is 6.65. The normalized spacial score (nSPS) is 11.7. The Balaban J connectivity index is 1.16. The Bertz CT molecular complexity index is 3550. The fourth-order valence-electron chi connectivity index (χ4n) is 9.32. The summed E-state index contributed by atoms with van der Waals surface area (Å²) in [4.78, 5) is 2.45. The van der Waals surface area contributed by atoms with Crippen molar-refractivity contribution in [3.8, 4) is 27.9 Å². The van der Waals surface area contributed by atoms with Gasteiger partial charge in [-0.3, -0.25) is 0 Å². The lowest BCUT2D eigenvalue weighted by atomic mass is 9.97. The molecule has 0 aliphatic carbocycles. The molecule has 0 fully saturated rings. The van der Waals surface area contributed by atoms with Gasteiger partial charge in [0.25, 0.3) is 0 Å². The number of hydrogen-bond acceptors (Lipinski definition) is 2. The molecule has 0 spiro atoms. The van der Waals surface area contributed by atoms with Crippen LogP contribution < -0.4 is 4.90 Å². The third kappa shape index (κ3) is 5.29. The molecule has 0 aliphatic rings. The fourth-order valence-corrected chi connectivity index (χ4v) is 9.32. The summed E-state index contributed by atoms with van der Waals surface area (Å²) >= 11 is 0. The van der Waals surface area contributed by atoms with E-state index in [1.165, 1.54) is 49.3 Å². The number of para-hydroxylation sites is 3. The molecule has 10 aromatic carbocycles. The lowest BCUT2D eigenvalue weighted by molar-refractivity contribution is 0.669. The predicted octanol–water partition coefficient (Wildman–Crippen LogP) is 15.8. The Kier molecular flexibility index (Phi) is 7.54. The SMILES string of the molecule is c1ccc(-c2ccccc2-n2c3ccccc3c3ccc(N(c4ccc(-c5cccc6ccccc56)cc4)c4c5ccccc5cc5oc6ccccc6c45)cc32)cc1. The van der Waals surface area contributed by atoms with E-state index in [0.717, 1.165) is 61.0 Å². The number of benzene rings is 10. The molecule has 0 aliphatic heterocycles. The Morgan fingerprint density at radius 1 is 0.356 bits per heavy atom. The van der Waals surface area contributed by atoms with Crippen LogP contribution in [0.5, 0.6) is 0 Å². The van der Waals surface area contributed by atoms with Gasteiger partial charge in [-0.2, -0.15) is 0 Å². The maximum Gasteiger partial charge on any atom is 0.138 e. The number of anilines is 3. The van der Waals surface area contributed by atoms with Gasteiger partial charge in [0.2, 0.25) is 0 Å². The summed E-state index contributed by atoms with van der Waals surface area (Å²) in [6.45, 7) is 0. The molecule has 0 N–H and O–H groups in total. The van der Waals surface area contributed by atoms with Crippen LogP contribution in [0.2, 0.25) is 0 Å². The van der Waals surface area contributed by atoms with Crippen LogP contribution in [-0.4, -0.2) is 4.57 Å². The minimum atomic E-state index is 0.865. The first-order valence-electron chi connectivity index (χ1n) is 20.2. The number of fused-ring (bicyclic) bond motifs is 8. The molecule has 12 rings (SSSR count). The Labute approximate surface area is 341 Å². The van der Waals surface area contributed by atoms with Gasteiger partial charge in [-0.15, -0.1) is 0 Å². The highest BCUT2D eigenvalue weighted by Crippen LogP contribution is 2.49. The van der Waals surface area contributed by atoms with Crippen LogP contribution in [0.1, 0.15) is 0 Å². The average Bonchev–Trinajstić information content (AvgIpc) is 3.84. The summed E-state index contributed by atoms with van der Waals surface area (Å²) in [5.74, 6) is 0. The van der Waals surface area contributed by atoms with Crippen LogP contribution >= 0.6 is 0 Å². The van der Waals surface area contributed by atoms with Crippen LogP contribution in [0.15, 0.2) is 223 Å². The molecular formula is C56H36N2O. The zero-order valence-corrected chi connectivity index (χ0v) is 32.1. The summed E-state index contributed by atoms with van der Waals surface area (Å²) in [7, 11) is 0. The molecular weight excluding hydrogens is 717 g/mol. The number of rotatable bonds is 6. The number of hydrogen-bond donors (Lipinski definition) is 0. The van der Waals surface area contributed by atoms with Crippen molar-refractivity contribution in [2.75, 3.05) is 4.90 Å². The summed E-state index contributed by atoms with van der Waals surface area (Å²) in [5.41, 5.74) is 13.2. The monoisotopic (exact) mass is 752 g/mol. The predicted molar refractivity (Wildman–Crippen MR) is 249 cm³/mol. The smallest absolute Gasteiger partial charge is 0.138 e. The third-order valence-corrected chi connectivity index (χ3v) is 12.0. The van der Waals surface area contributed by atoms with Gasteiger partial charge in [-0.25, -0.2) is 0 Å². The van der Waals surface area contributed by atoms with E-state index in [9.17, 15) is 0 Å². The maximum absolute atomic E-state index is 6.65. The second-order valence-corrected chi connectivity index (χ2v) is 15.3. The van der Waals surface area contributed by atoms with E-state index in [0.29, 0.717) is 0 Å². The van der Waals surface area contributed by atoms with E-state index in [2.05, 4.69) is 222 Å². The summed E-state index contributed by atoms with van der Waals surface area (Å²) in [6.07, 6.45) is 0. The minimum absolute atomic E-state index is 0.865. The Morgan fingerprint density at radius 2 is 0.966 bits per heavy atom. The van der Waals surface area contributed by atoms with Crippen LogP contribution in [0.25, 0.3) is 93.2 Å². The molecule has 3 heteroatoms. The fraction of sp³-hybridized carbons (Fsp3) is 0. The van der Waals surface area contributed by atoms with Crippen molar-refractivity contribution in [3.05, 3.63) is 218 Å². The molecule has 59 heavy (non-hydrogen) atoms. The molecule has 3 nitrogen and oxygen atoms in total. The average molecular weight is 753 g/mol. The van der Waals surface area contributed by atoms with Crippen LogP contribution in [-0.2, 0) is 0 Å². The topological polar surface area (TPSA) is 21.3 Å². The molecule has 2 aromatic heterocycles. The summed E-state index contributed by atoms with van der Waals surface area (Å²) in [6, 6.07) is 78.8. The highest BCUT2D eigenvalue weighted by Gasteiger charge is 2.24. The number of aromatic nitrogens is 1. The van der Waals surface area contributed by atoms with Gasteiger partial charge in [0.05, 0.1) is 27.8 Å². The largest absolute Gasteiger partial charge is 0.456 e. The van der Waals surface area contributed by atoms with Crippen LogP contribution in [0, 0.1) is 0 Å². The van der Waals surface area contributed by atoms with E-state index in [4.69, 9.17) is 4.42 Å². The Hall–Kier alpha value is -7.88. The van der Waals surface area contributed by atoms with Gasteiger partial charge in [-0.05, 0) is 81.4 Å². The van der Waals surface area contributed by atoms with Gasteiger partial charge < -0.3 is 13.9 Å². The van der Waals surface area contributed by atoms with E-state index < -0.39 is 0 Å². The zero-order valence-electron chi connectivity index (χ0n) is 32.1. The molecule has 276 valence electrons. The number of furan rings is 1. The van der Waals surface area contributed by atoms with Gasteiger partial charge in [-0.1, -0.05) is 170 Å². The molecule has 0 unspecified atom stereocenters. The van der Waals surface area contributed by atoms with Crippen LogP contribution in [0.4, 0.5) is 17.1 Å². The second-order valence-electron chi connectivity index (χ2n) is 15.3. The first kappa shape index (κ1) is 33.3. The first-order valence-corrected chi connectivity index (χ1v) is 20.2. The van der Waals surface area contributed by atoms with Gasteiger partial charge in [0.1, 0.15) is 11.2 Å². The number of nitrogens with zero attached hydrogens (tertiary/aromatic N) is 2. The highest BCUT2D eigenvalue weighted by molar-refractivity contribution is 6.22. The molecule has 0 saturated carbocycles. The molecule has 0 saturated heterocycles. The quantitative estimate of drug-likeness (QED) is 0.169. The van der Waals surface area contributed by atoms with Gasteiger partial charge in [0, 0.05) is 38.5 Å². The molecule has 2 heterocycles. The van der Waals surface area contributed by atoms with Crippen molar-refractivity contribution in [1.82, 2.24) is 4.57 Å². The molecule has 0 atom stereocenters. The lowest BCUT2D eigenvalue weighted by Gasteiger charge is -2.28. The van der Waals surface area contributed by atoms with E-state index in [-0.39, 0.29) is 0 Å². The van der Waals surface area contributed by atoms with E-state index in [1.807, 2.05) is 6.07 Å². The van der Waals surface area contributed by atoms with E-state index >= 15 is 0 Å². The van der Waals surface area contributed by atoms with Crippen molar-refractivity contribution in [2.24, 2.45) is 0 Å². The first-order chi connectivity index (χ1) is 29.3. The van der Waals surface area contributed by atoms with Crippen LogP contribution in [0.3, 0.4) is 0 Å². The lowest BCUT2D eigenvalue weighted by Crippen LogP contribution is -2.11. The van der Waals surface area contributed by atoms with Crippen molar-refractivity contribution in [3.63, 3.8) is 0 Å². The molecule has 12 aromatic rings. The van der Waals surface area contributed by atoms with Crippen molar-refractivity contribution in [1.29, 1.82) is 0 Å². The summed E-state index contributed by atoms with van der Waals surface area (Å²) in [5, 5.41) is 9.36. The van der Waals surface area contributed by atoms with E-state index in [1.54, 1.807) is 0 Å². The zero-order chi connectivity index (χ0) is 38.9. The molecule has 0 amide bonds. The minimum Gasteiger partial charge on any atom is -0.456 e. The molecule has 0 bridgehead atoms. The van der Waals surface area contributed by atoms with Crippen molar-refractivity contribution >= 4 is 82.4 Å². The van der Waals surface area contributed by atoms with Gasteiger partial charge in [0.15, 0.2) is 0 Å².